The Morgan fingerprint density at radius 2 is 2.29 bits per heavy atom. The summed E-state index contributed by atoms with van der Waals surface area (Å²) in [5.41, 5.74) is 0. The monoisotopic (exact) mass is 239 g/mol. The third-order valence-electron chi connectivity index (χ3n) is 3.68. The first-order chi connectivity index (χ1) is 8.26. The summed E-state index contributed by atoms with van der Waals surface area (Å²) in [4.78, 5) is 4.36. The number of guanidine groups is 1. The third-order valence-corrected chi connectivity index (χ3v) is 3.68. The molecule has 0 amide bonds. The predicted octanol–water partition coefficient (Wildman–Crippen LogP) is 0.609. The van der Waals surface area contributed by atoms with Gasteiger partial charge in [-0.2, -0.15) is 0 Å². The van der Waals surface area contributed by atoms with Crippen LogP contribution in [0.5, 0.6) is 0 Å². The molecule has 0 aromatic heterocycles. The fourth-order valence-electron chi connectivity index (χ4n) is 2.76. The van der Waals surface area contributed by atoms with Crippen molar-refractivity contribution in [2.75, 3.05) is 19.7 Å². The molecule has 96 valence electrons. The van der Waals surface area contributed by atoms with Crippen LogP contribution in [-0.2, 0) is 9.47 Å². The van der Waals surface area contributed by atoms with Gasteiger partial charge >= 0.3 is 0 Å². The molecule has 1 saturated heterocycles. The van der Waals surface area contributed by atoms with Crippen molar-refractivity contribution in [3.63, 3.8) is 0 Å². The van der Waals surface area contributed by atoms with Crippen molar-refractivity contribution >= 4 is 5.96 Å². The van der Waals surface area contributed by atoms with E-state index in [4.69, 9.17) is 9.47 Å². The predicted molar refractivity (Wildman–Crippen MR) is 64.9 cm³/mol. The highest BCUT2D eigenvalue weighted by molar-refractivity contribution is 5.81. The summed E-state index contributed by atoms with van der Waals surface area (Å²) in [5.74, 6) is 0.651. The Hall–Kier alpha value is -0.810. The fraction of sp³-hybridized carbons (Fsp3) is 0.917. The molecule has 2 atom stereocenters. The van der Waals surface area contributed by atoms with Gasteiger partial charge in [-0.05, 0) is 19.8 Å². The Morgan fingerprint density at radius 1 is 1.47 bits per heavy atom. The molecular formula is C12H21N3O2. The molecule has 0 aromatic rings. The number of ether oxygens (including phenoxy) is 2. The molecule has 5 nitrogen and oxygen atoms in total. The van der Waals surface area contributed by atoms with Crippen molar-refractivity contribution in [1.82, 2.24) is 10.6 Å². The van der Waals surface area contributed by atoms with E-state index in [2.05, 4.69) is 22.5 Å². The SMILES string of the molecule is CC1CN=C(NCC2COC3(CCCC3)O2)N1. The van der Waals surface area contributed by atoms with Crippen molar-refractivity contribution in [3.05, 3.63) is 0 Å². The Morgan fingerprint density at radius 3 is 3.00 bits per heavy atom. The largest absolute Gasteiger partial charge is 0.354 e. The highest BCUT2D eigenvalue weighted by Gasteiger charge is 2.43. The first-order valence-electron chi connectivity index (χ1n) is 6.62. The van der Waals surface area contributed by atoms with Crippen LogP contribution >= 0.6 is 0 Å². The lowest BCUT2D eigenvalue weighted by Crippen LogP contribution is -2.42. The minimum absolute atomic E-state index is 0.161. The number of hydrogen-bond acceptors (Lipinski definition) is 5. The summed E-state index contributed by atoms with van der Waals surface area (Å²) < 4.78 is 11.9. The van der Waals surface area contributed by atoms with E-state index in [9.17, 15) is 0 Å². The fourth-order valence-corrected chi connectivity index (χ4v) is 2.76. The second-order valence-electron chi connectivity index (χ2n) is 5.28. The molecule has 2 unspecified atom stereocenters. The average Bonchev–Trinajstić information content (AvgIpc) is 3.01. The van der Waals surface area contributed by atoms with Crippen LogP contribution in [0, 0.1) is 0 Å². The van der Waals surface area contributed by atoms with Crippen molar-refractivity contribution in [1.29, 1.82) is 0 Å². The number of nitrogens with one attached hydrogen (secondary N) is 2. The minimum Gasteiger partial charge on any atom is -0.354 e. The quantitative estimate of drug-likeness (QED) is 0.741. The Balaban J connectivity index is 1.45. The molecule has 2 fully saturated rings. The van der Waals surface area contributed by atoms with Crippen LogP contribution in [0.4, 0.5) is 0 Å². The molecule has 0 radical (unpaired) electrons. The Bertz CT molecular complexity index is 313. The van der Waals surface area contributed by atoms with E-state index in [-0.39, 0.29) is 11.9 Å². The number of rotatable bonds is 2. The maximum Gasteiger partial charge on any atom is 0.191 e. The third kappa shape index (κ3) is 2.40. The van der Waals surface area contributed by atoms with Gasteiger partial charge < -0.3 is 20.1 Å². The number of aliphatic imine (C=N–C) groups is 1. The molecule has 0 bridgehead atoms. The van der Waals surface area contributed by atoms with Gasteiger partial charge in [-0.3, -0.25) is 4.99 Å². The zero-order valence-electron chi connectivity index (χ0n) is 10.4. The summed E-state index contributed by atoms with van der Waals surface area (Å²) in [5, 5.41) is 6.58. The van der Waals surface area contributed by atoms with Crippen LogP contribution in [0.1, 0.15) is 32.6 Å². The number of nitrogens with zero attached hydrogens (tertiary/aromatic N) is 1. The second kappa shape index (κ2) is 4.46. The second-order valence-corrected chi connectivity index (χ2v) is 5.28. The summed E-state index contributed by atoms with van der Waals surface area (Å²) in [6.07, 6.45) is 4.73. The van der Waals surface area contributed by atoms with Crippen LogP contribution in [0.25, 0.3) is 0 Å². The molecule has 3 rings (SSSR count). The van der Waals surface area contributed by atoms with Crippen molar-refractivity contribution in [2.24, 2.45) is 4.99 Å². The van der Waals surface area contributed by atoms with Gasteiger partial charge in [0.2, 0.25) is 0 Å². The molecule has 5 heteroatoms. The van der Waals surface area contributed by atoms with Gasteiger partial charge in [0, 0.05) is 25.4 Å². The van der Waals surface area contributed by atoms with Crippen LogP contribution in [0.15, 0.2) is 4.99 Å². The van der Waals surface area contributed by atoms with E-state index < -0.39 is 0 Å². The molecule has 17 heavy (non-hydrogen) atoms. The molecule has 2 heterocycles. The van der Waals surface area contributed by atoms with Gasteiger partial charge in [-0.1, -0.05) is 0 Å². The number of hydrogen-bond donors (Lipinski definition) is 2. The molecule has 1 aliphatic carbocycles. The van der Waals surface area contributed by atoms with E-state index in [1.165, 1.54) is 12.8 Å². The normalized spacial score (nSPS) is 35.0. The lowest BCUT2D eigenvalue weighted by atomic mass is 10.2. The smallest absolute Gasteiger partial charge is 0.191 e. The van der Waals surface area contributed by atoms with E-state index >= 15 is 0 Å². The molecule has 1 saturated carbocycles. The van der Waals surface area contributed by atoms with Crippen molar-refractivity contribution < 1.29 is 9.47 Å². The molecule has 3 aliphatic rings. The lowest BCUT2D eigenvalue weighted by molar-refractivity contribution is -0.160. The topological polar surface area (TPSA) is 54.9 Å². The Kier molecular flexibility index (Phi) is 2.96. The van der Waals surface area contributed by atoms with Gasteiger partial charge in [0.05, 0.1) is 13.2 Å². The van der Waals surface area contributed by atoms with Crippen LogP contribution in [0.2, 0.25) is 0 Å². The van der Waals surface area contributed by atoms with E-state index in [0.29, 0.717) is 12.6 Å². The van der Waals surface area contributed by atoms with Crippen LogP contribution in [0.3, 0.4) is 0 Å². The molecule has 2 aliphatic heterocycles. The van der Waals surface area contributed by atoms with Crippen LogP contribution < -0.4 is 10.6 Å². The highest BCUT2D eigenvalue weighted by Crippen LogP contribution is 2.38. The van der Waals surface area contributed by atoms with Gasteiger partial charge in [0.15, 0.2) is 11.7 Å². The maximum atomic E-state index is 6.03. The first kappa shape index (κ1) is 11.3. The molecule has 0 aromatic carbocycles. The summed E-state index contributed by atoms with van der Waals surface area (Å²) in [6.45, 7) is 4.46. The summed E-state index contributed by atoms with van der Waals surface area (Å²) >= 11 is 0. The van der Waals surface area contributed by atoms with Crippen molar-refractivity contribution in [3.8, 4) is 0 Å². The van der Waals surface area contributed by atoms with Gasteiger partial charge in [0.25, 0.3) is 0 Å². The average molecular weight is 239 g/mol. The van der Waals surface area contributed by atoms with Gasteiger partial charge in [-0.15, -0.1) is 0 Å². The lowest BCUT2D eigenvalue weighted by Gasteiger charge is -2.22. The maximum absolute atomic E-state index is 6.03. The molecule has 1 spiro atoms. The minimum atomic E-state index is -0.245. The van der Waals surface area contributed by atoms with E-state index in [1.54, 1.807) is 0 Å². The first-order valence-corrected chi connectivity index (χ1v) is 6.62. The van der Waals surface area contributed by atoms with E-state index in [0.717, 1.165) is 31.9 Å². The molecule has 2 N–H and O–H groups in total. The standard InChI is InChI=1S/C12H21N3O2/c1-9-6-13-11(15-9)14-7-10-8-16-12(17-10)4-2-3-5-12/h9-10H,2-8H2,1H3,(H2,13,14,15). The van der Waals surface area contributed by atoms with Gasteiger partial charge in [-0.25, -0.2) is 0 Å². The zero-order valence-corrected chi connectivity index (χ0v) is 10.4. The van der Waals surface area contributed by atoms with E-state index in [1.807, 2.05) is 0 Å². The molecular weight excluding hydrogens is 218 g/mol. The summed E-state index contributed by atoms with van der Waals surface area (Å²) in [7, 11) is 0. The zero-order chi connectivity index (χ0) is 11.7. The van der Waals surface area contributed by atoms with Crippen molar-refractivity contribution in [2.45, 2.75) is 50.5 Å². The van der Waals surface area contributed by atoms with Gasteiger partial charge in [0.1, 0.15) is 6.10 Å². The van der Waals surface area contributed by atoms with Crippen LogP contribution in [-0.4, -0.2) is 43.6 Å². The Labute approximate surface area is 102 Å². The highest BCUT2D eigenvalue weighted by atomic mass is 16.7. The summed E-state index contributed by atoms with van der Waals surface area (Å²) in [6, 6.07) is 0.444.